The molecule has 1 saturated heterocycles. The number of carbonyl (C=O) groups excluding carboxylic acids is 1. The van der Waals surface area contributed by atoms with Gasteiger partial charge in [-0.05, 0) is 32.4 Å². The van der Waals surface area contributed by atoms with Crippen molar-refractivity contribution in [2.45, 2.75) is 25.8 Å². The molecule has 21 heavy (non-hydrogen) atoms. The number of hydrogen-bond donors (Lipinski definition) is 1. The predicted molar refractivity (Wildman–Crippen MR) is 77.9 cm³/mol. The molecule has 7 heteroatoms. The largest absolute Gasteiger partial charge is 0.449 e. The summed E-state index contributed by atoms with van der Waals surface area (Å²) in [5.74, 6) is -0.201. The molecule has 3 heterocycles. The molecule has 1 aliphatic heterocycles. The van der Waals surface area contributed by atoms with Crippen LogP contribution in [0.1, 0.15) is 29.6 Å². The zero-order valence-electron chi connectivity index (χ0n) is 11.8. The van der Waals surface area contributed by atoms with Crippen molar-refractivity contribution in [3.8, 4) is 0 Å². The van der Waals surface area contributed by atoms with Crippen molar-refractivity contribution < 1.29 is 17.6 Å². The number of nitrogens with zero attached hydrogens (tertiary/aromatic N) is 1. The van der Waals surface area contributed by atoms with Crippen molar-refractivity contribution in [1.82, 2.24) is 10.3 Å². The molecular weight excluding hydrogens is 292 g/mol. The fraction of sp³-hybridized carbons (Fsp3) is 0.429. The normalized spacial score (nSPS) is 24.3. The number of amides is 1. The van der Waals surface area contributed by atoms with Gasteiger partial charge in [0.15, 0.2) is 21.2 Å². The first-order valence-electron chi connectivity index (χ1n) is 6.67. The molecule has 0 radical (unpaired) electrons. The van der Waals surface area contributed by atoms with Crippen LogP contribution >= 0.6 is 0 Å². The van der Waals surface area contributed by atoms with Gasteiger partial charge in [-0.15, -0.1) is 0 Å². The van der Waals surface area contributed by atoms with Crippen molar-refractivity contribution in [2.24, 2.45) is 0 Å². The average Bonchev–Trinajstić information content (AvgIpc) is 2.90. The van der Waals surface area contributed by atoms with E-state index >= 15 is 0 Å². The number of carbonyl (C=O) groups is 1. The first-order valence-corrected chi connectivity index (χ1v) is 8.49. The van der Waals surface area contributed by atoms with Gasteiger partial charge in [-0.25, -0.2) is 13.4 Å². The fourth-order valence-electron chi connectivity index (χ4n) is 2.58. The van der Waals surface area contributed by atoms with E-state index in [4.69, 9.17) is 4.42 Å². The molecule has 2 aromatic heterocycles. The Morgan fingerprint density at radius 1 is 1.43 bits per heavy atom. The lowest BCUT2D eigenvalue weighted by Gasteiger charge is -2.22. The monoisotopic (exact) mass is 308 g/mol. The molecule has 2 aromatic rings. The predicted octanol–water partition coefficient (Wildman–Crippen LogP) is 1.44. The minimum Gasteiger partial charge on any atom is -0.449 e. The molecule has 1 amide bonds. The van der Waals surface area contributed by atoms with Gasteiger partial charge in [0.2, 0.25) is 0 Å². The minimum atomic E-state index is -3.07. The quantitative estimate of drug-likeness (QED) is 0.907. The second-order valence-corrected chi connectivity index (χ2v) is 7.99. The smallest absolute Gasteiger partial charge is 0.287 e. The Morgan fingerprint density at radius 3 is 2.86 bits per heavy atom. The summed E-state index contributed by atoms with van der Waals surface area (Å²) in [6.45, 7) is 3.59. The molecule has 3 rings (SSSR count). The average molecular weight is 308 g/mol. The van der Waals surface area contributed by atoms with Gasteiger partial charge in [0, 0.05) is 11.8 Å². The third-order valence-electron chi connectivity index (χ3n) is 3.66. The van der Waals surface area contributed by atoms with Gasteiger partial charge in [0.05, 0.1) is 17.0 Å². The number of hydrogen-bond acceptors (Lipinski definition) is 5. The van der Waals surface area contributed by atoms with Crippen LogP contribution in [0.25, 0.3) is 11.1 Å². The van der Waals surface area contributed by atoms with Gasteiger partial charge >= 0.3 is 0 Å². The number of rotatable bonds is 2. The van der Waals surface area contributed by atoms with Gasteiger partial charge in [-0.1, -0.05) is 0 Å². The van der Waals surface area contributed by atoms with E-state index in [2.05, 4.69) is 10.3 Å². The van der Waals surface area contributed by atoms with Crippen LogP contribution in [0.15, 0.2) is 22.6 Å². The van der Waals surface area contributed by atoms with Crippen LogP contribution in [0.4, 0.5) is 0 Å². The fourth-order valence-corrected chi connectivity index (χ4v) is 4.68. The molecule has 0 saturated carbocycles. The van der Waals surface area contributed by atoms with E-state index in [0.717, 1.165) is 5.69 Å². The van der Waals surface area contributed by atoms with Crippen molar-refractivity contribution in [1.29, 1.82) is 0 Å². The highest BCUT2D eigenvalue weighted by molar-refractivity contribution is 7.91. The summed E-state index contributed by atoms with van der Waals surface area (Å²) in [6.07, 6.45) is 0.415. The number of aryl methyl sites for hydroxylation is 1. The van der Waals surface area contributed by atoms with Crippen LogP contribution in [-0.4, -0.2) is 36.4 Å². The summed E-state index contributed by atoms with van der Waals surface area (Å²) in [5, 5.41) is 2.76. The zero-order chi connectivity index (χ0) is 15.3. The zero-order valence-corrected chi connectivity index (χ0v) is 12.7. The molecule has 1 aliphatic rings. The lowest BCUT2D eigenvalue weighted by Crippen LogP contribution is -2.46. The number of fused-ring (bicyclic) bond motifs is 1. The van der Waals surface area contributed by atoms with E-state index in [1.165, 1.54) is 0 Å². The van der Waals surface area contributed by atoms with E-state index in [-0.39, 0.29) is 17.3 Å². The van der Waals surface area contributed by atoms with Crippen LogP contribution in [-0.2, 0) is 9.84 Å². The summed E-state index contributed by atoms with van der Waals surface area (Å²) < 4.78 is 28.6. The highest BCUT2D eigenvalue weighted by Gasteiger charge is 2.40. The molecule has 0 unspecified atom stereocenters. The van der Waals surface area contributed by atoms with Gasteiger partial charge in [0.25, 0.3) is 5.91 Å². The lowest BCUT2D eigenvalue weighted by molar-refractivity contribution is 0.0889. The Hall–Kier alpha value is -1.89. The third-order valence-corrected chi connectivity index (χ3v) is 5.56. The Labute approximate surface area is 122 Å². The Morgan fingerprint density at radius 2 is 2.19 bits per heavy atom. The van der Waals surface area contributed by atoms with Crippen LogP contribution in [0.5, 0.6) is 0 Å². The second-order valence-electron chi connectivity index (χ2n) is 5.80. The van der Waals surface area contributed by atoms with Crippen LogP contribution in [0, 0.1) is 6.92 Å². The molecule has 112 valence electrons. The first-order chi connectivity index (χ1) is 9.76. The first kappa shape index (κ1) is 14.1. The second kappa shape index (κ2) is 4.56. The maximum absolute atomic E-state index is 12.2. The van der Waals surface area contributed by atoms with Crippen LogP contribution in [0.3, 0.4) is 0 Å². The molecule has 0 aromatic carbocycles. The number of pyridine rings is 1. The maximum Gasteiger partial charge on any atom is 0.287 e. The SMILES string of the molecule is Cc1ccc2oc(C(=O)N[C@]3(C)CCS(=O)(=O)C3)cc2n1. The Bertz CT molecular complexity index is 825. The van der Waals surface area contributed by atoms with Crippen molar-refractivity contribution in [3.05, 3.63) is 29.7 Å². The van der Waals surface area contributed by atoms with Crippen molar-refractivity contribution in [2.75, 3.05) is 11.5 Å². The number of furan rings is 1. The Kier molecular flexibility index (Phi) is 3.05. The van der Waals surface area contributed by atoms with Gasteiger partial charge < -0.3 is 9.73 Å². The molecule has 0 spiro atoms. The molecule has 1 N–H and O–H groups in total. The summed E-state index contributed by atoms with van der Waals surface area (Å²) >= 11 is 0. The maximum atomic E-state index is 12.2. The summed E-state index contributed by atoms with van der Waals surface area (Å²) in [4.78, 5) is 16.5. The minimum absolute atomic E-state index is 0.0384. The topological polar surface area (TPSA) is 89.3 Å². The number of nitrogens with one attached hydrogen (secondary N) is 1. The molecular formula is C14H16N2O4S. The third kappa shape index (κ3) is 2.78. The van der Waals surface area contributed by atoms with Gasteiger partial charge in [-0.3, -0.25) is 4.79 Å². The van der Waals surface area contributed by atoms with Gasteiger partial charge in [-0.2, -0.15) is 0 Å². The highest BCUT2D eigenvalue weighted by atomic mass is 32.2. The molecule has 0 bridgehead atoms. The van der Waals surface area contributed by atoms with E-state index in [1.54, 1.807) is 25.1 Å². The van der Waals surface area contributed by atoms with E-state index in [1.807, 2.05) is 6.92 Å². The standard InChI is InChI=1S/C14H16N2O4S/c1-9-3-4-11-10(15-9)7-12(20-11)13(17)16-14(2)5-6-21(18,19)8-14/h3-4,7H,5-6,8H2,1-2H3,(H,16,17)/t14-/m1/s1. The molecule has 1 fully saturated rings. The summed E-state index contributed by atoms with van der Waals surface area (Å²) in [5.41, 5.74) is 1.25. The lowest BCUT2D eigenvalue weighted by atomic mass is 10.0. The number of aromatic nitrogens is 1. The summed E-state index contributed by atoms with van der Waals surface area (Å²) in [6, 6.07) is 5.14. The van der Waals surface area contributed by atoms with Crippen LogP contribution < -0.4 is 5.32 Å². The van der Waals surface area contributed by atoms with E-state index in [0.29, 0.717) is 17.5 Å². The van der Waals surface area contributed by atoms with Crippen LogP contribution in [0.2, 0.25) is 0 Å². The van der Waals surface area contributed by atoms with E-state index < -0.39 is 21.3 Å². The van der Waals surface area contributed by atoms with Crippen molar-refractivity contribution >= 4 is 26.8 Å². The highest BCUT2D eigenvalue weighted by Crippen LogP contribution is 2.24. The molecule has 1 atom stereocenters. The summed E-state index contributed by atoms with van der Waals surface area (Å²) in [7, 11) is -3.07. The van der Waals surface area contributed by atoms with Crippen molar-refractivity contribution in [3.63, 3.8) is 0 Å². The van der Waals surface area contributed by atoms with E-state index in [9.17, 15) is 13.2 Å². The Balaban J connectivity index is 1.84. The number of sulfone groups is 1. The molecule has 6 nitrogen and oxygen atoms in total. The molecule has 0 aliphatic carbocycles. The van der Waals surface area contributed by atoms with Gasteiger partial charge in [0.1, 0.15) is 5.52 Å².